The lowest BCUT2D eigenvalue weighted by Crippen LogP contribution is -2.28. The molecule has 0 aliphatic rings. The Balaban J connectivity index is 2.29. The third-order valence-corrected chi connectivity index (χ3v) is 5.47. The summed E-state index contributed by atoms with van der Waals surface area (Å²) in [6.45, 7) is 5.72. The average molecular weight is 463 g/mol. The fourth-order valence-corrected chi connectivity index (χ4v) is 3.55. The molecule has 10 heteroatoms. The minimum Gasteiger partial charge on any atom is -0.755 e. The first-order valence-electron chi connectivity index (χ1n) is 10.1. The summed E-state index contributed by atoms with van der Waals surface area (Å²) in [7, 11) is 0. The lowest BCUT2D eigenvalue weighted by atomic mass is 9.99. The fraction of sp³-hybridized carbons (Fsp3) is 0.364. The molecule has 0 saturated heterocycles. The maximum absolute atomic E-state index is 11.9. The second-order valence-electron chi connectivity index (χ2n) is 7.30. The van der Waals surface area contributed by atoms with Crippen LogP contribution in [0.25, 0.3) is 0 Å². The van der Waals surface area contributed by atoms with E-state index in [9.17, 15) is 18.7 Å². The number of phenols is 1. The van der Waals surface area contributed by atoms with Crippen LogP contribution in [0.2, 0.25) is 0 Å². The number of nitrogen functional groups attached to an aromatic ring is 1. The third kappa shape index (κ3) is 6.69. The Labute approximate surface area is 190 Å². The highest BCUT2D eigenvalue weighted by Gasteiger charge is 2.16. The number of hydrogen-bond acceptors (Lipinski definition) is 7. The van der Waals surface area contributed by atoms with Gasteiger partial charge in [0.05, 0.1) is 12.3 Å². The van der Waals surface area contributed by atoms with Crippen molar-refractivity contribution in [3.63, 3.8) is 0 Å². The van der Waals surface area contributed by atoms with Crippen molar-refractivity contribution in [2.45, 2.75) is 33.1 Å². The predicted octanol–water partition coefficient (Wildman–Crippen LogP) is 2.58. The molecule has 0 aliphatic heterocycles. The van der Waals surface area contributed by atoms with Crippen LogP contribution in [0, 0.1) is 5.41 Å². The molecule has 1 atom stereocenters. The van der Waals surface area contributed by atoms with Crippen LogP contribution in [0.15, 0.2) is 36.4 Å². The van der Waals surface area contributed by atoms with Crippen molar-refractivity contribution in [1.29, 1.82) is 5.41 Å². The molecule has 0 aliphatic carbocycles. The Hall–Kier alpha value is -3.11. The van der Waals surface area contributed by atoms with Gasteiger partial charge < -0.3 is 24.9 Å². The molecule has 2 aromatic rings. The van der Waals surface area contributed by atoms with Gasteiger partial charge in [0.1, 0.15) is 17.3 Å². The number of phenolic OH excluding ortho intramolecular Hbond substituents is 1. The van der Waals surface area contributed by atoms with E-state index in [1.165, 1.54) is 18.2 Å². The maximum Gasteiger partial charge on any atom is 0.344 e. The van der Waals surface area contributed by atoms with Crippen LogP contribution in [0.1, 0.15) is 43.4 Å². The number of anilines is 1. The van der Waals surface area contributed by atoms with Gasteiger partial charge in [-0.25, -0.2) is 4.79 Å². The first-order valence-corrected chi connectivity index (χ1v) is 11.1. The van der Waals surface area contributed by atoms with E-state index in [0.717, 1.165) is 9.87 Å². The predicted molar refractivity (Wildman–Crippen MR) is 122 cm³/mol. The molecule has 0 aromatic heterocycles. The minimum absolute atomic E-state index is 0.0121. The van der Waals surface area contributed by atoms with E-state index in [1.807, 2.05) is 32.0 Å². The molecular weight excluding hydrogens is 434 g/mol. The molecule has 9 nitrogen and oxygen atoms in total. The number of hydrogen-bond donors (Lipinski definition) is 3. The van der Waals surface area contributed by atoms with Gasteiger partial charge in [-0.3, -0.25) is 13.9 Å². The van der Waals surface area contributed by atoms with Crippen LogP contribution in [0.4, 0.5) is 5.69 Å². The number of amidine groups is 1. The highest BCUT2D eigenvalue weighted by atomic mass is 32.2. The summed E-state index contributed by atoms with van der Waals surface area (Å²) in [6, 6.07) is 9.63. The minimum atomic E-state index is -2.69. The van der Waals surface area contributed by atoms with Crippen LogP contribution < -0.4 is 14.8 Å². The second-order valence-corrected chi connectivity index (χ2v) is 8.18. The van der Waals surface area contributed by atoms with Gasteiger partial charge in [0.2, 0.25) is 0 Å². The van der Waals surface area contributed by atoms with Crippen molar-refractivity contribution in [3.05, 3.63) is 53.1 Å². The van der Waals surface area contributed by atoms with Crippen LogP contribution >= 0.6 is 0 Å². The number of ether oxygens (including phenoxy) is 2. The summed E-state index contributed by atoms with van der Waals surface area (Å²) < 4.78 is 35.4. The van der Waals surface area contributed by atoms with Crippen molar-refractivity contribution in [2.24, 2.45) is 5.73 Å². The number of nitrogens with zero attached hydrogens (tertiary/aromatic N) is 1. The number of rotatable bonds is 11. The number of carbonyl (C=O) groups is 1. The van der Waals surface area contributed by atoms with Crippen molar-refractivity contribution in [1.82, 2.24) is 0 Å². The van der Waals surface area contributed by atoms with E-state index in [2.05, 4.69) is 0 Å². The normalized spacial score (nSPS) is 11.8. The van der Waals surface area contributed by atoms with E-state index in [0.29, 0.717) is 11.3 Å². The zero-order valence-electron chi connectivity index (χ0n) is 18.3. The first-order chi connectivity index (χ1) is 15.1. The molecule has 1 unspecified atom stereocenters. The largest absolute Gasteiger partial charge is 0.755 e. The molecule has 0 amide bonds. The van der Waals surface area contributed by atoms with Crippen molar-refractivity contribution in [3.8, 4) is 11.5 Å². The van der Waals surface area contributed by atoms with Crippen LogP contribution in [-0.2, 0) is 27.2 Å². The first kappa shape index (κ1) is 25.2. The molecule has 0 radical (unpaired) electrons. The summed E-state index contributed by atoms with van der Waals surface area (Å²) in [5.74, 6) is -0.315. The summed E-state index contributed by atoms with van der Waals surface area (Å²) in [5, 5.41) is 17.7. The zero-order chi connectivity index (χ0) is 23.8. The van der Waals surface area contributed by atoms with Crippen molar-refractivity contribution < 1.29 is 28.1 Å². The SMILES string of the molecule is CCOC(=O)COc1cc(C(C)C)ccc1CCN(c1cc(C(=N)N)ccc1O)S(=O)[O-]. The molecule has 4 N–H and O–H groups in total. The number of carbonyl (C=O) groups excluding carboxylic acids is 1. The number of esters is 1. The second kappa shape index (κ2) is 11.5. The van der Waals surface area contributed by atoms with Crippen LogP contribution in [0.5, 0.6) is 11.5 Å². The quantitative estimate of drug-likeness (QED) is 0.201. The monoisotopic (exact) mass is 462 g/mol. The summed E-state index contributed by atoms with van der Waals surface area (Å²) in [4.78, 5) is 11.7. The molecule has 2 rings (SSSR count). The fourth-order valence-electron chi connectivity index (χ4n) is 3.00. The Bertz CT molecular complexity index is 996. The number of nitrogens with one attached hydrogen (secondary N) is 1. The lowest BCUT2D eigenvalue weighted by Gasteiger charge is -2.28. The number of aromatic hydroxyl groups is 1. The van der Waals surface area contributed by atoms with Gasteiger partial charge in [0.15, 0.2) is 6.61 Å². The van der Waals surface area contributed by atoms with Gasteiger partial charge in [0.25, 0.3) is 0 Å². The molecule has 0 saturated carbocycles. The molecular formula is C22H28N3O6S-. The standard InChI is InChI=1S/C22H29N3O6S/c1-4-30-21(27)13-31-20-12-16(14(2)3)6-5-15(20)9-10-25(32(28)29)18-11-17(22(23)24)7-8-19(18)26/h5-8,11-12,14,26H,4,9-10,13H2,1-3H3,(H3,23,24)(H,28,29)/p-1. The van der Waals surface area contributed by atoms with Gasteiger partial charge in [-0.15, -0.1) is 0 Å². The Kier molecular flexibility index (Phi) is 9.03. The van der Waals surface area contributed by atoms with Crippen LogP contribution in [-0.4, -0.2) is 45.4 Å². The van der Waals surface area contributed by atoms with Gasteiger partial charge >= 0.3 is 5.97 Å². The van der Waals surface area contributed by atoms with Crippen molar-refractivity contribution >= 4 is 28.8 Å². The highest BCUT2D eigenvalue weighted by Crippen LogP contribution is 2.31. The Morgan fingerprint density at radius 3 is 2.59 bits per heavy atom. The van der Waals surface area contributed by atoms with E-state index in [4.69, 9.17) is 20.6 Å². The molecule has 32 heavy (non-hydrogen) atoms. The smallest absolute Gasteiger partial charge is 0.344 e. The maximum atomic E-state index is 11.9. The van der Waals surface area contributed by atoms with Gasteiger partial charge in [-0.05, 0) is 54.7 Å². The van der Waals surface area contributed by atoms with E-state index >= 15 is 0 Å². The molecule has 0 heterocycles. The summed E-state index contributed by atoms with van der Waals surface area (Å²) >= 11 is -2.69. The van der Waals surface area contributed by atoms with E-state index < -0.39 is 17.2 Å². The zero-order valence-corrected chi connectivity index (χ0v) is 19.1. The molecule has 174 valence electrons. The molecule has 0 spiro atoms. The lowest BCUT2D eigenvalue weighted by molar-refractivity contribution is -0.145. The van der Waals surface area contributed by atoms with Crippen LogP contribution in [0.3, 0.4) is 0 Å². The average Bonchev–Trinajstić information content (AvgIpc) is 2.73. The topological polar surface area (TPSA) is 149 Å². The van der Waals surface area contributed by atoms with Gasteiger partial charge in [-0.2, -0.15) is 0 Å². The Morgan fingerprint density at radius 2 is 2.00 bits per heavy atom. The van der Waals surface area contributed by atoms with Crippen molar-refractivity contribution in [2.75, 3.05) is 24.1 Å². The van der Waals surface area contributed by atoms with Gasteiger partial charge in [0, 0.05) is 23.4 Å². The van der Waals surface area contributed by atoms with Gasteiger partial charge in [-0.1, -0.05) is 26.0 Å². The molecule has 0 bridgehead atoms. The van der Waals surface area contributed by atoms with E-state index in [1.54, 1.807) is 6.92 Å². The third-order valence-electron chi connectivity index (χ3n) is 4.73. The molecule has 0 fully saturated rings. The van der Waals surface area contributed by atoms with E-state index in [-0.39, 0.29) is 54.9 Å². The summed E-state index contributed by atoms with van der Waals surface area (Å²) in [6.07, 6.45) is 0.244. The highest BCUT2D eigenvalue weighted by molar-refractivity contribution is 7.80. The number of benzene rings is 2. The summed E-state index contributed by atoms with van der Waals surface area (Å²) in [5.41, 5.74) is 7.48. The number of nitrogens with two attached hydrogens (primary N) is 1. The molecule has 2 aromatic carbocycles. The Morgan fingerprint density at radius 1 is 1.28 bits per heavy atom.